The number of hydrogen-bond acceptors (Lipinski definition) is 3. The predicted molar refractivity (Wildman–Crippen MR) is 85.7 cm³/mol. The summed E-state index contributed by atoms with van der Waals surface area (Å²) in [6.07, 6.45) is 10.5. The van der Waals surface area contributed by atoms with E-state index < -0.39 is 0 Å². The molecule has 0 radical (unpaired) electrons. The Balaban J connectivity index is -0.000000193. The van der Waals surface area contributed by atoms with E-state index in [1.54, 1.807) is 0 Å². The standard InChI is InChI=1S/C8H18.C5H10O.CS2/c1-3-5-7-8-6-4-2;1-3-5(6)4-2;2-1-3/h3-8H2,1-2H3;3,5-6H,1,4H2,2H3;. The van der Waals surface area contributed by atoms with Gasteiger partial charge in [-0.25, -0.2) is 0 Å². The van der Waals surface area contributed by atoms with E-state index in [1.807, 2.05) is 11.2 Å². The van der Waals surface area contributed by atoms with Crippen LogP contribution in [0.1, 0.15) is 65.7 Å². The lowest BCUT2D eigenvalue weighted by Crippen LogP contribution is -1.95. The molecule has 0 amide bonds. The molecule has 0 aromatic carbocycles. The maximum atomic E-state index is 8.55. The molecule has 0 aromatic heterocycles. The van der Waals surface area contributed by atoms with E-state index in [0.717, 1.165) is 6.42 Å². The van der Waals surface area contributed by atoms with Crippen molar-refractivity contribution in [1.29, 1.82) is 0 Å². The Hall–Kier alpha value is -0.0800. The molecule has 3 heteroatoms. The first kappa shape index (κ1) is 22.1. The van der Waals surface area contributed by atoms with Gasteiger partial charge in [0.2, 0.25) is 0 Å². The predicted octanol–water partition coefficient (Wildman–Crippen LogP) is 5.33. The van der Waals surface area contributed by atoms with Gasteiger partial charge in [0, 0.05) is 4.31 Å². The summed E-state index contributed by atoms with van der Waals surface area (Å²) in [4.78, 5) is 0. The van der Waals surface area contributed by atoms with Gasteiger partial charge in [-0.15, -0.1) is 6.58 Å². The fourth-order valence-corrected chi connectivity index (χ4v) is 1.02. The van der Waals surface area contributed by atoms with E-state index in [9.17, 15) is 0 Å². The maximum absolute atomic E-state index is 8.55. The first-order valence-corrected chi connectivity index (χ1v) is 7.25. The maximum Gasteiger partial charge on any atom is 0.0715 e. The van der Waals surface area contributed by atoms with E-state index in [1.165, 1.54) is 44.6 Å². The molecule has 1 nitrogen and oxygen atoms in total. The lowest BCUT2D eigenvalue weighted by molar-refractivity contribution is 0.219. The van der Waals surface area contributed by atoms with Gasteiger partial charge in [0.25, 0.3) is 0 Å². The molecule has 0 fully saturated rings. The Labute approximate surface area is 118 Å². The van der Waals surface area contributed by atoms with E-state index in [4.69, 9.17) is 5.11 Å². The Morgan fingerprint density at radius 3 is 1.53 bits per heavy atom. The molecule has 0 aliphatic rings. The molecular formula is C14H28OS2. The van der Waals surface area contributed by atoms with Crippen LogP contribution < -0.4 is 0 Å². The Morgan fingerprint density at radius 1 is 1.06 bits per heavy atom. The molecule has 0 aliphatic carbocycles. The molecule has 0 aliphatic heterocycles. The highest BCUT2D eigenvalue weighted by Gasteiger charge is 1.86. The summed E-state index contributed by atoms with van der Waals surface area (Å²) in [5.74, 6) is 0. The molecule has 1 N–H and O–H groups in total. The van der Waals surface area contributed by atoms with Crippen molar-refractivity contribution in [2.24, 2.45) is 0 Å². The van der Waals surface area contributed by atoms with E-state index in [2.05, 4.69) is 44.9 Å². The molecule has 0 aromatic rings. The average Bonchev–Trinajstić information content (AvgIpc) is 2.35. The van der Waals surface area contributed by atoms with Gasteiger partial charge >= 0.3 is 0 Å². The number of thiocarbonyl (C=S) groups is 2. The molecule has 0 saturated heterocycles. The van der Waals surface area contributed by atoms with Gasteiger partial charge in [0.05, 0.1) is 6.10 Å². The van der Waals surface area contributed by atoms with Crippen LogP contribution in [0.2, 0.25) is 0 Å². The van der Waals surface area contributed by atoms with Gasteiger partial charge in [-0.1, -0.05) is 65.4 Å². The SMILES string of the molecule is C=CC(O)CC.CCCCCCCC.S=C=S. The first-order chi connectivity index (χ1) is 8.14. The highest BCUT2D eigenvalue weighted by Crippen LogP contribution is 2.03. The summed E-state index contributed by atoms with van der Waals surface area (Å²) in [6.45, 7) is 9.80. The minimum atomic E-state index is -0.301. The van der Waals surface area contributed by atoms with Gasteiger partial charge in [-0.2, -0.15) is 0 Å². The van der Waals surface area contributed by atoms with E-state index >= 15 is 0 Å². The van der Waals surface area contributed by atoms with Crippen molar-refractivity contribution < 1.29 is 5.11 Å². The van der Waals surface area contributed by atoms with Crippen LogP contribution in [0.15, 0.2) is 12.7 Å². The van der Waals surface area contributed by atoms with Crippen LogP contribution in [0.3, 0.4) is 0 Å². The molecule has 102 valence electrons. The molecular weight excluding hydrogens is 248 g/mol. The number of aliphatic hydroxyl groups excluding tert-OH is 1. The third kappa shape index (κ3) is 38.8. The molecule has 1 unspecified atom stereocenters. The van der Waals surface area contributed by atoms with Crippen LogP contribution >= 0.6 is 24.4 Å². The lowest BCUT2D eigenvalue weighted by atomic mass is 10.1. The fourth-order valence-electron chi connectivity index (χ4n) is 1.02. The second kappa shape index (κ2) is 24.9. The Bertz CT molecular complexity index is 158. The smallest absolute Gasteiger partial charge is 0.0715 e. The Kier molecular flexibility index (Phi) is 32.5. The zero-order valence-corrected chi connectivity index (χ0v) is 13.2. The van der Waals surface area contributed by atoms with Gasteiger partial charge in [-0.3, -0.25) is 0 Å². The molecule has 0 bridgehead atoms. The number of unbranched alkanes of at least 4 members (excludes halogenated alkanes) is 5. The molecule has 0 heterocycles. The number of rotatable bonds is 7. The topological polar surface area (TPSA) is 20.2 Å². The van der Waals surface area contributed by atoms with Crippen molar-refractivity contribution in [3.63, 3.8) is 0 Å². The lowest BCUT2D eigenvalue weighted by Gasteiger charge is -1.93. The third-order valence-electron chi connectivity index (χ3n) is 2.15. The van der Waals surface area contributed by atoms with Crippen LogP contribution in [-0.2, 0) is 0 Å². The fraction of sp³-hybridized carbons (Fsp3) is 0.786. The summed E-state index contributed by atoms with van der Waals surface area (Å²) in [5, 5.41) is 8.55. The third-order valence-corrected chi connectivity index (χ3v) is 2.15. The van der Waals surface area contributed by atoms with Crippen LogP contribution in [0.4, 0.5) is 0 Å². The van der Waals surface area contributed by atoms with Crippen molar-refractivity contribution in [3.8, 4) is 0 Å². The van der Waals surface area contributed by atoms with Gasteiger partial charge < -0.3 is 5.11 Å². The quantitative estimate of drug-likeness (QED) is 0.385. The molecule has 17 heavy (non-hydrogen) atoms. The minimum absolute atomic E-state index is 0.301. The second-order valence-corrected chi connectivity index (χ2v) is 4.38. The normalized spacial score (nSPS) is 9.88. The van der Waals surface area contributed by atoms with Crippen molar-refractivity contribution in [3.05, 3.63) is 12.7 Å². The molecule has 0 rings (SSSR count). The molecule has 1 atom stereocenters. The van der Waals surface area contributed by atoms with Crippen LogP contribution in [0.5, 0.6) is 0 Å². The van der Waals surface area contributed by atoms with Gasteiger partial charge in [-0.05, 0) is 30.9 Å². The highest BCUT2D eigenvalue weighted by molar-refractivity contribution is 7.93. The summed E-state index contributed by atoms with van der Waals surface area (Å²) < 4.78 is 1.92. The summed E-state index contributed by atoms with van der Waals surface area (Å²) >= 11 is 7.92. The van der Waals surface area contributed by atoms with Crippen molar-refractivity contribution >= 4 is 28.7 Å². The first-order valence-electron chi connectivity index (χ1n) is 6.44. The molecule has 0 spiro atoms. The number of hydrogen-bond donors (Lipinski definition) is 1. The summed E-state index contributed by atoms with van der Waals surface area (Å²) in [7, 11) is 0. The molecule has 0 saturated carbocycles. The van der Waals surface area contributed by atoms with Crippen molar-refractivity contribution in [2.45, 2.75) is 71.8 Å². The van der Waals surface area contributed by atoms with Crippen LogP contribution in [0, 0.1) is 0 Å². The van der Waals surface area contributed by atoms with Crippen molar-refractivity contribution in [2.75, 3.05) is 0 Å². The van der Waals surface area contributed by atoms with E-state index in [-0.39, 0.29) is 6.10 Å². The average molecular weight is 277 g/mol. The monoisotopic (exact) mass is 276 g/mol. The zero-order valence-electron chi connectivity index (χ0n) is 11.6. The number of aliphatic hydroxyl groups is 1. The summed E-state index contributed by atoms with van der Waals surface area (Å²) in [6, 6.07) is 0. The highest BCUT2D eigenvalue weighted by atomic mass is 32.1. The van der Waals surface area contributed by atoms with Crippen LogP contribution in [-0.4, -0.2) is 15.5 Å². The zero-order chi connectivity index (χ0) is 13.9. The van der Waals surface area contributed by atoms with E-state index in [0.29, 0.717) is 0 Å². The van der Waals surface area contributed by atoms with Crippen LogP contribution in [0.25, 0.3) is 0 Å². The Morgan fingerprint density at radius 2 is 1.41 bits per heavy atom. The van der Waals surface area contributed by atoms with Gasteiger partial charge in [0.1, 0.15) is 0 Å². The second-order valence-electron chi connectivity index (χ2n) is 3.71. The summed E-state index contributed by atoms with van der Waals surface area (Å²) in [5.41, 5.74) is 0. The minimum Gasteiger partial charge on any atom is -0.389 e. The van der Waals surface area contributed by atoms with Gasteiger partial charge in [0.15, 0.2) is 0 Å². The largest absolute Gasteiger partial charge is 0.389 e. The van der Waals surface area contributed by atoms with Crippen molar-refractivity contribution in [1.82, 2.24) is 0 Å².